The molecule has 2 atom stereocenters. The molecule has 11 nitrogen and oxygen atoms in total. The number of rotatable bonds is 15. The normalized spacial score (nSPS) is 13.8. The number of nitrogens with one attached hydrogen (secondary N) is 4. The Morgan fingerprint density at radius 2 is 1.43 bits per heavy atom. The Balaban J connectivity index is 1.38. The minimum Gasteiger partial charge on any atom is -0.449 e. The second kappa shape index (κ2) is 17.0. The van der Waals surface area contributed by atoms with E-state index in [4.69, 9.17) is 14.9 Å². The lowest BCUT2D eigenvalue weighted by atomic mass is 9.98. The van der Waals surface area contributed by atoms with Gasteiger partial charge < -0.3 is 36.2 Å². The number of nitrogens with two attached hydrogens (primary N) is 1. The number of anilines is 1. The predicted molar refractivity (Wildman–Crippen MR) is 203 cm³/mol. The fraction of sp³-hybridized carbons (Fsp3) is 0.436. The zero-order chi connectivity index (χ0) is 37.3. The van der Waals surface area contributed by atoms with Crippen LogP contribution in [0.2, 0.25) is 18.1 Å². The number of fused-ring (bicyclic) bond motifs is 3. The quantitative estimate of drug-likeness (QED) is 0.0876. The van der Waals surface area contributed by atoms with E-state index in [9.17, 15) is 19.2 Å². The van der Waals surface area contributed by atoms with Crippen molar-refractivity contribution in [2.24, 2.45) is 11.7 Å². The van der Waals surface area contributed by atoms with Gasteiger partial charge in [-0.15, -0.1) is 0 Å². The van der Waals surface area contributed by atoms with Gasteiger partial charge in [-0.2, -0.15) is 0 Å². The largest absolute Gasteiger partial charge is 0.449 e. The topological polar surface area (TPSA) is 161 Å². The van der Waals surface area contributed by atoms with E-state index in [0.717, 1.165) is 27.8 Å². The Morgan fingerprint density at radius 1 is 0.843 bits per heavy atom. The molecule has 0 unspecified atom stereocenters. The Labute approximate surface area is 302 Å². The van der Waals surface area contributed by atoms with Crippen LogP contribution in [0.4, 0.5) is 15.3 Å². The fourth-order valence-corrected chi connectivity index (χ4v) is 6.70. The summed E-state index contributed by atoms with van der Waals surface area (Å²) in [7, 11) is -1.92. The van der Waals surface area contributed by atoms with Gasteiger partial charge in [0.1, 0.15) is 18.7 Å². The standard InChI is InChI=1S/C39H53N5O6Si/c1-25(2)34(44-38(48)49-24-32-30-15-10-8-13-28(30)29-14-9-11-16-31(29)32)36(46)43-33(17-12-22-41-37(40)47)35(45)42-27-20-18-26(19-21-27)23-50-51(6,7)39(3,4)5/h8-11,13-16,18-21,25,32-34H,12,17,22-24H2,1-7H3,(H,42,45)(H,43,46)(H,44,48)(H3,40,41,47)/t33-,34-/m0/s1. The number of alkyl carbamates (subject to hydrolysis) is 1. The van der Waals surface area contributed by atoms with Crippen LogP contribution in [0.25, 0.3) is 11.1 Å². The van der Waals surface area contributed by atoms with E-state index in [0.29, 0.717) is 18.7 Å². The average Bonchev–Trinajstić information content (AvgIpc) is 3.39. The van der Waals surface area contributed by atoms with Gasteiger partial charge in [0.15, 0.2) is 8.32 Å². The van der Waals surface area contributed by atoms with Gasteiger partial charge in [0.05, 0.1) is 6.61 Å². The van der Waals surface area contributed by atoms with Gasteiger partial charge in [0.25, 0.3) is 0 Å². The molecule has 4 rings (SSSR count). The maximum absolute atomic E-state index is 13.6. The van der Waals surface area contributed by atoms with Crippen molar-refractivity contribution in [1.29, 1.82) is 0 Å². The Hall–Kier alpha value is -4.68. The molecule has 0 radical (unpaired) electrons. The van der Waals surface area contributed by atoms with E-state index in [2.05, 4.69) is 67.3 Å². The number of ether oxygens (including phenoxy) is 1. The molecule has 3 aromatic carbocycles. The maximum atomic E-state index is 13.6. The summed E-state index contributed by atoms with van der Waals surface area (Å²) in [5, 5.41) is 11.0. The van der Waals surface area contributed by atoms with Crippen LogP contribution in [0, 0.1) is 5.92 Å². The highest BCUT2D eigenvalue weighted by Gasteiger charge is 2.37. The monoisotopic (exact) mass is 715 g/mol. The predicted octanol–water partition coefficient (Wildman–Crippen LogP) is 6.64. The summed E-state index contributed by atoms with van der Waals surface area (Å²) in [6, 6.07) is 20.9. The van der Waals surface area contributed by atoms with Crippen molar-refractivity contribution in [3.8, 4) is 11.1 Å². The minimum absolute atomic E-state index is 0.0903. The lowest BCUT2D eigenvalue weighted by Gasteiger charge is -2.36. The second-order valence-electron chi connectivity index (χ2n) is 14.9. The van der Waals surface area contributed by atoms with Crippen molar-refractivity contribution >= 4 is 37.9 Å². The summed E-state index contributed by atoms with van der Waals surface area (Å²) in [5.41, 5.74) is 11.1. The molecule has 0 saturated heterocycles. The molecule has 51 heavy (non-hydrogen) atoms. The molecular formula is C39H53N5O6Si. The number of urea groups is 1. The molecule has 12 heteroatoms. The van der Waals surface area contributed by atoms with Crippen molar-refractivity contribution in [2.75, 3.05) is 18.5 Å². The first-order chi connectivity index (χ1) is 24.1. The van der Waals surface area contributed by atoms with Gasteiger partial charge in [0.2, 0.25) is 11.8 Å². The van der Waals surface area contributed by atoms with Crippen LogP contribution in [-0.2, 0) is 25.4 Å². The second-order valence-corrected chi connectivity index (χ2v) is 19.7. The van der Waals surface area contributed by atoms with Crippen LogP contribution in [0.1, 0.15) is 70.1 Å². The molecular weight excluding hydrogens is 663 g/mol. The number of primary amides is 1. The van der Waals surface area contributed by atoms with Crippen molar-refractivity contribution in [3.05, 3.63) is 89.5 Å². The van der Waals surface area contributed by atoms with E-state index >= 15 is 0 Å². The smallest absolute Gasteiger partial charge is 0.407 e. The summed E-state index contributed by atoms with van der Waals surface area (Å²) in [6.45, 7) is 15.4. The number of hydrogen-bond acceptors (Lipinski definition) is 6. The van der Waals surface area contributed by atoms with Crippen LogP contribution in [0.15, 0.2) is 72.8 Å². The molecule has 3 aromatic rings. The van der Waals surface area contributed by atoms with Crippen LogP contribution < -0.4 is 27.0 Å². The molecule has 1 aliphatic carbocycles. The summed E-state index contributed by atoms with van der Waals surface area (Å²) in [6.07, 6.45) is -0.140. The fourth-order valence-electron chi connectivity index (χ4n) is 5.74. The molecule has 0 spiro atoms. The SMILES string of the molecule is CC(C)[C@H](NC(=O)OCC1c2ccccc2-c2ccccc21)C(=O)N[C@@H](CCCNC(N)=O)C(=O)Nc1ccc(CO[Si](C)(C)C(C)(C)C)cc1. The van der Waals surface area contributed by atoms with Gasteiger partial charge in [-0.25, -0.2) is 9.59 Å². The minimum atomic E-state index is -1.92. The van der Waals surface area contributed by atoms with Crippen molar-refractivity contribution in [3.63, 3.8) is 0 Å². The zero-order valence-corrected chi connectivity index (χ0v) is 31.8. The first kappa shape index (κ1) is 39.1. The third-order valence-corrected chi connectivity index (χ3v) is 14.3. The molecule has 0 aromatic heterocycles. The molecule has 0 saturated carbocycles. The van der Waals surface area contributed by atoms with Crippen LogP contribution in [0.5, 0.6) is 0 Å². The lowest BCUT2D eigenvalue weighted by molar-refractivity contribution is -0.128. The highest BCUT2D eigenvalue weighted by atomic mass is 28.4. The molecule has 5 amide bonds. The molecule has 0 heterocycles. The van der Waals surface area contributed by atoms with E-state index in [1.54, 1.807) is 26.0 Å². The van der Waals surface area contributed by atoms with E-state index in [-0.39, 0.29) is 36.4 Å². The maximum Gasteiger partial charge on any atom is 0.407 e. The van der Waals surface area contributed by atoms with Crippen molar-refractivity contribution in [2.45, 2.75) is 90.2 Å². The third kappa shape index (κ3) is 10.4. The first-order valence-corrected chi connectivity index (χ1v) is 20.5. The number of amides is 5. The van der Waals surface area contributed by atoms with Gasteiger partial charge >= 0.3 is 12.1 Å². The molecule has 0 bridgehead atoms. The zero-order valence-electron chi connectivity index (χ0n) is 30.8. The Bertz CT molecular complexity index is 1640. The Morgan fingerprint density at radius 3 is 1.98 bits per heavy atom. The van der Waals surface area contributed by atoms with Gasteiger partial charge in [0, 0.05) is 18.2 Å². The van der Waals surface area contributed by atoms with Gasteiger partial charge in [-0.05, 0) is 76.8 Å². The van der Waals surface area contributed by atoms with E-state index in [1.165, 1.54) is 0 Å². The summed E-state index contributed by atoms with van der Waals surface area (Å²) in [4.78, 5) is 51.5. The lowest BCUT2D eigenvalue weighted by Crippen LogP contribution is -2.54. The highest BCUT2D eigenvalue weighted by Crippen LogP contribution is 2.44. The van der Waals surface area contributed by atoms with E-state index in [1.807, 2.05) is 48.5 Å². The molecule has 0 aliphatic heterocycles. The molecule has 6 N–H and O–H groups in total. The van der Waals surface area contributed by atoms with Gasteiger partial charge in [-0.1, -0.05) is 95.3 Å². The van der Waals surface area contributed by atoms with Crippen LogP contribution in [0.3, 0.4) is 0 Å². The highest BCUT2D eigenvalue weighted by molar-refractivity contribution is 6.74. The summed E-state index contributed by atoms with van der Waals surface area (Å²) < 4.78 is 12.0. The number of hydrogen-bond donors (Lipinski definition) is 5. The third-order valence-electron chi connectivity index (χ3n) is 9.80. The number of benzene rings is 3. The van der Waals surface area contributed by atoms with Crippen molar-refractivity contribution < 1.29 is 28.3 Å². The number of carbonyl (C=O) groups is 4. The Kier molecular flexibility index (Phi) is 13.1. The van der Waals surface area contributed by atoms with E-state index < -0.39 is 44.3 Å². The summed E-state index contributed by atoms with van der Waals surface area (Å²) >= 11 is 0. The van der Waals surface area contributed by atoms with Crippen LogP contribution in [-0.4, -0.2) is 57.5 Å². The molecule has 1 aliphatic rings. The molecule has 274 valence electrons. The average molecular weight is 716 g/mol. The first-order valence-electron chi connectivity index (χ1n) is 17.6. The molecule has 0 fully saturated rings. The van der Waals surface area contributed by atoms with Gasteiger partial charge in [-0.3, -0.25) is 9.59 Å². The summed E-state index contributed by atoms with van der Waals surface area (Å²) in [5.74, 6) is -1.40. The van der Waals surface area contributed by atoms with Crippen molar-refractivity contribution in [1.82, 2.24) is 16.0 Å². The number of carbonyl (C=O) groups excluding carboxylic acids is 4. The van der Waals surface area contributed by atoms with Crippen LogP contribution >= 0.6 is 0 Å².